The molecule has 126 valence electrons. The van der Waals surface area contributed by atoms with E-state index >= 15 is 0 Å². The van der Waals surface area contributed by atoms with Gasteiger partial charge in [-0.15, -0.1) is 11.3 Å². The molecule has 3 aromatic rings. The number of hydrogen-bond acceptors (Lipinski definition) is 4. The van der Waals surface area contributed by atoms with Gasteiger partial charge in [0, 0.05) is 41.5 Å². The number of nitrogens with zero attached hydrogens (tertiary/aromatic N) is 2. The molecular formula is C18H21N3O2S. The molecule has 1 unspecified atom stereocenters. The highest BCUT2D eigenvalue weighted by molar-refractivity contribution is 7.19. The molecule has 1 amide bonds. The van der Waals surface area contributed by atoms with Crippen molar-refractivity contribution in [1.82, 2.24) is 14.9 Å². The van der Waals surface area contributed by atoms with E-state index in [0.29, 0.717) is 6.42 Å². The molecular weight excluding hydrogens is 322 g/mol. The molecule has 24 heavy (non-hydrogen) atoms. The molecule has 0 aliphatic carbocycles. The van der Waals surface area contributed by atoms with Gasteiger partial charge in [0.05, 0.1) is 0 Å². The van der Waals surface area contributed by atoms with E-state index in [1.54, 1.807) is 17.5 Å². The van der Waals surface area contributed by atoms with Crippen molar-refractivity contribution in [3.63, 3.8) is 0 Å². The van der Waals surface area contributed by atoms with Crippen molar-refractivity contribution in [2.24, 2.45) is 0 Å². The van der Waals surface area contributed by atoms with Gasteiger partial charge >= 0.3 is 0 Å². The van der Waals surface area contributed by atoms with Crippen LogP contribution in [0.2, 0.25) is 0 Å². The summed E-state index contributed by atoms with van der Waals surface area (Å²) in [5.74, 6) is 0.920. The molecule has 0 aliphatic heterocycles. The number of thiophene rings is 1. The second-order valence-corrected chi connectivity index (χ2v) is 6.89. The van der Waals surface area contributed by atoms with Crippen LogP contribution < -0.4 is 5.32 Å². The summed E-state index contributed by atoms with van der Waals surface area (Å²) in [5.41, 5.74) is 0. The van der Waals surface area contributed by atoms with E-state index in [1.807, 2.05) is 48.0 Å². The second kappa shape index (κ2) is 7.59. The third-order valence-corrected chi connectivity index (χ3v) is 5.21. The Labute approximate surface area is 145 Å². The Morgan fingerprint density at radius 3 is 3.00 bits per heavy atom. The van der Waals surface area contributed by atoms with Gasteiger partial charge in [-0.3, -0.25) is 4.79 Å². The maximum atomic E-state index is 11.9. The van der Waals surface area contributed by atoms with Crippen LogP contribution in [0.1, 0.15) is 29.6 Å². The van der Waals surface area contributed by atoms with Crippen LogP contribution in [0.4, 0.5) is 0 Å². The average Bonchev–Trinajstić information content (AvgIpc) is 3.19. The minimum atomic E-state index is -0.665. The molecule has 0 radical (unpaired) electrons. The minimum absolute atomic E-state index is 0.0343. The Bertz CT molecular complexity index is 791. The molecule has 2 aromatic heterocycles. The van der Waals surface area contributed by atoms with Crippen molar-refractivity contribution >= 4 is 27.3 Å². The van der Waals surface area contributed by atoms with Crippen LogP contribution in [-0.2, 0) is 11.3 Å². The monoisotopic (exact) mass is 343 g/mol. The van der Waals surface area contributed by atoms with Crippen molar-refractivity contribution in [3.8, 4) is 0 Å². The summed E-state index contributed by atoms with van der Waals surface area (Å²) in [5, 5.41) is 14.2. The van der Waals surface area contributed by atoms with Crippen molar-refractivity contribution in [3.05, 3.63) is 53.4 Å². The first-order chi connectivity index (χ1) is 11.6. The predicted molar refractivity (Wildman–Crippen MR) is 96.0 cm³/mol. The van der Waals surface area contributed by atoms with Gasteiger partial charge in [-0.2, -0.15) is 0 Å². The average molecular weight is 343 g/mol. The Kier molecular flexibility index (Phi) is 5.27. The molecule has 0 fully saturated rings. The fraction of sp³-hybridized carbons (Fsp3) is 0.333. The molecule has 2 heterocycles. The number of carbonyl (C=O) groups excluding carboxylic acids is 1. The normalized spacial score (nSPS) is 12.4. The number of imidazole rings is 1. The summed E-state index contributed by atoms with van der Waals surface area (Å²) in [4.78, 5) is 17.0. The van der Waals surface area contributed by atoms with E-state index < -0.39 is 6.10 Å². The summed E-state index contributed by atoms with van der Waals surface area (Å²) < 4.78 is 3.17. The number of amides is 1. The SMILES string of the molecule is Cc1nccn1CCCC(=O)NCC(O)c1cc2ccccc2s1. The van der Waals surface area contributed by atoms with E-state index in [4.69, 9.17) is 0 Å². The van der Waals surface area contributed by atoms with E-state index in [-0.39, 0.29) is 12.5 Å². The molecule has 6 heteroatoms. The zero-order valence-electron chi connectivity index (χ0n) is 13.6. The molecule has 0 aliphatic rings. The van der Waals surface area contributed by atoms with Crippen LogP contribution in [0.5, 0.6) is 0 Å². The highest BCUT2D eigenvalue weighted by Gasteiger charge is 2.12. The van der Waals surface area contributed by atoms with Crippen LogP contribution in [0.15, 0.2) is 42.7 Å². The number of fused-ring (bicyclic) bond motifs is 1. The quantitative estimate of drug-likeness (QED) is 0.693. The molecule has 0 saturated heterocycles. The largest absolute Gasteiger partial charge is 0.386 e. The molecule has 0 saturated carbocycles. The van der Waals surface area contributed by atoms with Crippen LogP contribution >= 0.6 is 11.3 Å². The van der Waals surface area contributed by atoms with Gasteiger partial charge in [0.2, 0.25) is 5.91 Å². The highest BCUT2D eigenvalue weighted by Crippen LogP contribution is 2.29. The first kappa shape index (κ1) is 16.7. The molecule has 1 aromatic carbocycles. The maximum absolute atomic E-state index is 11.9. The Morgan fingerprint density at radius 2 is 2.25 bits per heavy atom. The van der Waals surface area contributed by atoms with Crippen LogP contribution in [0.3, 0.4) is 0 Å². The van der Waals surface area contributed by atoms with Crippen molar-refractivity contribution in [2.75, 3.05) is 6.54 Å². The Hall–Kier alpha value is -2.18. The number of aliphatic hydroxyl groups is 1. The third kappa shape index (κ3) is 4.01. The number of aryl methyl sites for hydroxylation is 2. The zero-order valence-corrected chi connectivity index (χ0v) is 14.4. The standard InChI is InChI=1S/C18H21N3O2S/c1-13-19-8-10-21(13)9-4-7-18(23)20-12-15(22)17-11-14-5-2-3-6-16(14)24-17/h2-3,5-6,8,10-11,15,22H,4,7,9,12H2,1H3,(H,20,23). The lowest BCUT2D eigenvalue weighted by molar-refractivity contribution is -0.121. The van der Waals surface area contributed by atoms with E-state index in [1.165, 1.54) is 0 Å². The molecule has 1 atom stereocenters. The molecule has 0 spiro atoms. The summed E-state index contributed by atoms with van der Waals surface area (Å²) in [6.45, 7) is 2.97. The van der Waals surface area contributed by atoms with E-state index in [9.17, 15) is 9.90 Å². The Balaban J connectivity index is 1.44. The van der Waals surface area contributed by atoms with Gasteiger partial charge in [-0.25, -0.2) is 4.98 Å². The van der Waals surface area contributed by atoms with Gasteiger partial charge in [0.25, 0.3) is 0 Å². The van der Waals surface area contributed by atoms with E-state index in [2.05, 4.69) is 10.3 Å². The lowest BCUT2D eigenvalue weighted by Crippen LogP contribution is -2.28. The lowest BCUT2D eigenvalue weighted by atomic mass is 10.2. The summed E-state index contributed by atoms with van der Waals surface area (Å²) in [7, 11) is 0. The van der Waals surface area contributed by atoms with Crippen LogP contribution in [0.25, 0.3) is 10.1 Å². The number of aliphatic hydroxyl groups excluding tert-OH is 1. The predicted octanol–water partition coefficient (Wildman–Crippen LogP) is 3.04. The number of benzene rings is 1. The third-order valence-electron chi connectivity index (χ3n) is 3.99. The van der Waals surface area contributed by atoms with Gasteiger partial charge in [0.1, 0.15) is 11.9 Å². The maximum Gasteiger partial charge on any atom is 0.220 e. The minimum Gasteiger partial charge on any atom is -0.386 e. The first-order valence-electron chi connectivity index (χ1n) is 8.04. The summed E-state index contributed by atoms with van der Waals surface area (Å²) >= 11 is 1.56. The van der Waals surface area contributed by atoms with Gasteiger partial charge in [0.15, 0.2) is 0 Å². The lowest BCUT2D eigenvalue weighted by Gasteiger charge is -2.10. The molecule has 2 N–H and O–H groups in total. The Morgan fingerprint density at radius 1 is 1.42 bits per heavy atom. The fourth-order valence-corrected chi connectivity index (χ4v) is 3.67. The fourth-order valence-electron chi connectivity index (χ4n) is 2.62. The van der Waals surface area contributed by atoms with Crippen molar-refractivity contribution in [1.29, 1.82) is 0 Å². The van der Waals surface area contributed by atoms with Crippen molar-refractivity contribution in [2.45, 2.75) is 32.4 Å². The summed E-state index contributed by atoms with van der Waals surface area (Å²) in [6, 6.07) is 10.0. The highest BCUT2D eigenvalue weighted by atomic mass is 32.1. The van der Waals surface area contributed by atoms with Gasteiger partial charge in [-0.05, 0) is 30.9 Å². The van der Waals surface area contributed by atoms with E-state index in [0.717, 1.165) is 33.8 Å². The van der Waals surface area contributed by atoms with Crippen LogP contribution in [-0.4, -0.2) is 27.1 Å². The zero-order chi connectivity index (χ0) is 16.9. The number of aromatic nitrogens is 2. The molecule has 5 nitrogen and oxygen atoms in total. The second-order valence-electron chi connectivity index (χ2n) is 5.78. The van der Waals surface area contributed by atoms with Gasteiger partial charge in [-0.1, -0.05) is 18.2 Å². The number of carbonyl (C=O) groups is 1. The number of nitrogens with one attached hydrogen (secondary N) is 1. The summed E-state index contributed by atoms with van der Waals surface area (Å²) in [6.07, 6.45) is 4.20. The topological polar surface area (TPSA) is 67.2 Å². The smallest absolute Gasteiger partial charge is 0.220 e. The van der Waals surface area contributed by atoms with Crippen LogP contribution in [0, 0.1) is 6.92 Å². The van der Waals surface area contributed by atoms with Crippen molar-refractivity contribution < 1.29 is 9.90 Å². The first-order valence-corrected chi connectivity index (χ1v) is 8.86. The number of rotatable bonds is 7. The number of hydrogen-bond donors (Lipinski definition) is 2. The molecule has 3 rings (SSSR count). The van der Waals surface area contributed by atoms with Gasteiger partial charge < -0.3 is 15.0 Å². The molecule has 0 bridgehead atoms.